The second-order valence-electron chi connectivity index (χ2n) is 6.21. The highest BCUT2D eigenvalue weighted by Crippen LogP contribution is 2.34. The highest BCUT2D eigenvalue weighted by molar-refractivity contribution is 7.15. The minimum Gasteiger partial charge on any atom is -0.343 e. The number of carbonyl (C=O) groups excluding carboxylic acids is 1. The Morgan fingerprint density at radius 1 is 1.24 bits per heavy atom. The number of nitrogens with zero attached hydrogens (tertiary/aromatic N) is 4. The van der Waals surface area contributed by atoms with Crippen molar-refractivity contribution < 1.29 is 18.0 Å². The van der Waals surface area contributed by atoms with E-state index in [9.17, 15) is 18.0 Å². The van der Waals surface area contributed by atoms with Crippen LogP contribution in [0.4, 0.5) is 23.1 Å². The Balaban J connectivity index is 1.79. The van der Waals surface area contributed by atoms with Crippen LogP contribution in [0, 0.1) is 0 Å². The molecule has 25 heavy (non-hydrogen) atoms. The van der Waals surface area contributed by atoms with Gasteiger partial charge in [-0.25, -0.2) is 4.79 Å². The number of halogens is 3. The molecule has 1 unspecified atom stereocenters. The summed E-state index contributed by atoms with van der Waals surface area (Å²) in [6, 6.07) is 0.00600. The first-order chi connectivity index (χ1) is 11.8. The molecule has 0 radical (unpaired) electrons. The summed E-state index contributed by atoms with van der Waals surface area (Å²) in [7, 11) is 0. The molecule has 142 valence electrons. The second kappa shape index (κ2) is 8.68. The van der Waals surface area contributed by atoms with Gasteiger partial charge in [-0.15, -0.1) is 10.2 Å². The van der Waals surface area contributed by atoms with Crippen molar-refractivity contribution in [1.29, 1.82) is 0 Å². The van der Waals surface area contributed by atoms with Crippen LogP contribution in [0.5, 0.6) is 0 Å². The summed E-state index contributed by atoms with van der Waals surface area (Å²) in [5, 5.41) is 9.11. The number of unbranched alkanes of at least 4 members (excludes halogenated alkanes) is 2. The number of hydrogen-bond acceptors (Lipinski definition) is 5. The molecule has 10 heteroatoms. The molecule has 0 saturated carbocycles. The van der Waals surface area contributed by atoms with Crippen molar-refractivity contribution in [2.24, 2.45) is 0 Å². The Bertz CT molecular complexity index is 558. The molecule has 6 nitrogen and oxygen atoms in total. The third kappa shape index (κ3) is 5.72. The molecule has 1 aliphatic rings. The minimum atomic E-state index is -4.47. The smallest absolute Gasteiger partial charge is 0.343 e. The van der Waals surface area contributed by atoms with Crippen LogP contribution in [-0.2, 0) is 6.18 Å². The van der Waals surface area contributed by atoms with E-state index in [1.165, 1.54) is 0 Å². The lowest BCUT2D eigenvalue weighted by atomic mass is 10.1. The lowest BCUT2D eigenvalue weighted by molar-refractivity contribution is -0.138. The van der Waals surface area contributed by atoms with Crippen LogP contribution in [0.3, 0.4) is 0 Å². The fourth-order valence-corrected chi connectivity index (χ4v) is 3.40. The van der Waals surface area contributed by atoms with Gasteiger partial charge in [0.25, 0.3) is 0 Å². The summed E-state index contributed by atoms with van der Waals surface area (Å²) in [6.07, 6.45) is -0.134. The zero-order valence-corrected chi connectivity index (χ0v) is 15.3. The topological polar surface area (TPSA) is 61.4 Å². The molecule has 1 aromatic heterocycles. The number of urea groups is 1. The Morgan fingerprint density at radius 2 is 1.92 bits per heavy atom. The van der Waals surface area contributed by atoms with Crippen LogP contribution < -0.4 is 10.2 Å². The van der Waals surface area contributed by atoms with E-state index in [1.807, 2.05) is 6.92 Å². The van der Waals surface area contributed by atoms with Gasteiger partial charge in [0.2, 0.25) is 10.1 Å². The van der Waals surface area contributed by atoms with Crippen LogP contribution in [0.25, 0.3) is 0 Å². The average molecular weight is 379 g/mol. The Kier molecular flexibility index (Phi) is 6.86. The summed E-state index contributed by atoms with van der Waals surface area (Å²) >= 11 is 0.537. The molecule has 0 aliphatic carbocycles. The molecular formula is C15H24F3N5OS. The summed E-state index contributed by atoms with van der Waals surface area (Å²) < 4.78 is 37.8. The normalized spacial score (nSPS) is 16.8. The number of hydrogen-bond donors (Lipinski definition) is 1. The maximum Gasteiger partial charge on any atom is 0.445 e. The number of amides is 2. The Labute approximate surface area is 149 Å². The number of carbonyl (C=O) groups is 1. The average Bonchev–Trinajstić information content (AvgIpc) is 3.05. The summed E-state index contributed by atoms with van der Waals surface area (Å²) in [6.45, 7) is 5.93. The number of anilines is 1. The third-order valence-electron chi connectivity index (χ3n) is 4.10. The Morgan fingerprint density at radius 3 is 2.48 bits per heavy atom. The molecule has 1 fully saturated rings. The van der Waals surface area contributed by atoms with Gasteiger partial charge in [-0.2, -0.15) is 13.2 Å². The van der Waals surface area contributed by atoms with Gasteiger partial charge in [0, 0.05) is 32.2 Å². The summed E-state index contributed by atoms with van der Waals surface area (Å²) in [5.41, 5.74) is 0. The van der Waals surface area contributed by atoms with Crippen molar-refractivity contribution in [1.82, 2.24) is 20.4 Å². The molecule has 2 heterocycles. The van der Waals surface area contributed by atoms with E-state index >= 15 is 0 Å². The van der Waals surface area contributed by atoms with Crippen molar-refractivity contribution >= 4 is 22.5 Å². The van der Waals surface area contributed by atoms with Crippen molar-refractivity contribution in [3.63, 3.8) is 0 Å². The minimum absolute atomic E-state index is 0.114. The van der Waals surface area contributed by atoms with Gasteiger partial charge in [-0.05, 0) is 13.3 Å². The largest absolute Gasteiger partial charge is 0.445 e. The van der Waals surface area contributed by atoms with Gasteiger partial charge in [0.1, 0.15) is 0 Å². The van der Waals surface area contributed by atoms with Crippen molar-refractivity contribution in [2.75, 3.05) is 31.1 Å². The van der Waals surface area contributed by atoms with Gasteiger partial charge in [-0.3, -0.25) is 0 Å². The first-order valence-electron chi connectivity index (χ1n) is 8.52. The van der Waals surface area contributed by atoms with E-state index in [-0.39, 0.29) is 17.2 Å². The Hall–Kier alpha value is -1.58. The highest BCUT2D eigenvalue weighted by Gasteiger charge is 2.36. The monoisotopic (exact) mass is 379 g/mol. The zero-order valence-electron chi connectivity index (χ0n) is 14.5. The molecule has 1 N–H and O–H groups in total. The van der Waals surface area contributed by atoms with Gasteiger partial charge in [0.05, 0.1) is 0 Å². The fourth-order valence-electron chi connectivity index (χ4n) is 2.63. The van der Waals surface area contributed by atoms with Crippen LogP contribution >= 0.6 is 11.3 Å². The molecular weight excluding hydrogens is 355 g/mol. The maximum atomic E-state index is 12.6. The molecule has 1 aromatic rings. The molecule has 1 saturated heterocycles. The van der Waals surface area contributed by atoms with Gasteiger partial charge in [-0.1, -0.05) is 37.5 Å². The number of aromatic nitrogens is 2. The molecule has 0 spiro atoms. The predicted octanol–water partition coefficient (Wildman–Crippen LogP) is 3.36. The van der Waals surface area contributed by atoms with Crippen LogP contribution in [0.2, 0.25) is 0 Å². The number of piperazine rings is 1. The van der Waals surface area contributed by atoms with Gasteiger partial charge in [0.15, 0.2) is 0 Å². The summed E-state index contributed by atoms with van der Waals surface area (Å²) in [4.78, 5) is 15.7. The summed E-state index contributed by atoms with van der Waals surface area (Å²) in [5.74, 6) is 0. The van der Waals surface area contributed by atoms with E-state index in [1.54, 1.807) is 9.80 Å². The van der Waals surface area contributed by atoms with Crippen molar-refractivity contribution in [2.45, 2.75) is 51.7 Å². The number of nitrogens with one attached hydrogen (secondary N) is 1. The lowest BCUT2D eigenvalue weighted by Crippen LogP contribution is -2.53. The van der Waals surface area contributed by atoms with Crippen molar-refractivity contribution in [3.8, 4) is 0 Å². The SMILES string of the molecule is CCCCCC(C)NC(=O)N1CCN(c2nnc(C(F)(F)F)s2)CC1. The first-order valence-corrected chi connectivity index (χ1v) is 9.34. The molecule has 1 atom stereocenters. The number of rotatable bonds is 6. The standard InChI is InChI=1S/C15H24F3N5OS/c1-3-4-5-6-11(2)19-13(24)22-7-9-23(10-8-22)14-21-20-12(25-14)15(16,17)18/h11H,3-10H2,1-2H3,(H,19,24). The van der Waals surface area contributed by atoms with E-state index in [4.69, 9.17) is 0 Å². The fraction of sp³-hybridized carbons (Fsp3) is 0.800. The maximum absolute atomic E-state index is 12.6. The third-order valence-corrected chi connectivity index (χ3v) is 5.13. The van der Waals surface area contributed by atoms with Crippen LogP contribution in [0.15, 0.2) is 0 Å². The van der Waals surface area contributed by atoms with Gasteiger partial charge >= 0.3 is 12.2 Å². The van der Waals surface area contributed by atoms with Gasteiger partial charge < -0.3 is 15.1 Å². The molecule has 2 rings (SSSR count). The molecule has 0 aromatic carbocycles. The first kappa shape index (κ1) is 19.7. The van der Waals surface area contributed by atoms with E-state index in [2.05, 4.69) is 22.4 Å². The van der Waals surface area contributed by atoms with E-state index in [0.29, 0.717) is 37.5 Å². The lowest BCUT2D eigenvalue weighted by Gasteiger charge is -2.34. The van der Waals surface area contributed by atoms with Crippen molar-refractivity contribution in [3.05, 3.63) is 5.01 Å². The van der Waals surface area contributed by atoms with Crippen LogP contribution in [0.1, 0.15) is 44.5 Å². The van der Waals surface area contributed by atoms with E-state index in [0.717, 1.165) is 25.7 Å². The highest BCUT2D eigenvalue weighted by atomic mass is 32.1. The second-order valence-corrected chi connectivity index (χ2v) is 7.16. The van der Waals surface area contributed by atoms with Crippen LogP contribution in [-0.4, -0.2) is 53.3 Å². The van der Waals surface area contributed by atoms with E-state index < -0.39 is 11.2 Å². The number of alkyl halides is 3. The quantitative estimate of drug-likeness (QED) is 0.770. The molecule has 1 aliphatic heterocycles. The zero-order chi connectivity index (χ0) is 18.4. The predicted molar refractivity (Wildman–Crippen MR) is 90.8 cm³/mol. The molecule has 0 bridgehead atoms. The molecule has 2 amide bonds.